The summed E-state index contributed by atoms with van der Waals surface area (Å²) in [5, 5.41) is 10.8. The fourth-order valence-corrected chi connectivity index (χ4v) is 3.56. The van der Waals surface area contributed by atoms with Gasteiger partial charge in [0.25, 0.3) is 5.56 Å². The SMILES string of the molecule is CCOC(=O)C1=Nc2ccccc2/C1=C\c1c(O)n(CCc2ccc(F)cc2)c(=O)[nH]c1=O. The molecular formula is C24H20FN3O5. The minimum atomic E-state index is -0.810. The van der Waals surface area contributed by atoms with Crippen LogP contribution < -0.4 is 11.2 Å². The molecule has 0 saturated heterocycles. The first kappa shape index (κ1) is 21.9. The molecule has 0 aliphatic carbocycles. The Labute approximate surface area is 187 Å². The number of H-pyrrole nitrogens is 1. The zero-order valence-corrected chi connectivity index (χ0v) is 17.7. The number of aromatic hydroxyl groups is 1. The zero-order valence-electron chi connectivity index (χ0n) is 17.7. The number of fused-ring (bicyclic) bond motifs is 1. The summed E-state index contributed by atoms with van der Waals surface area (Å²) in [6, 6.07) is 12.7. The van der Waals surface area contributed by atoms with Crippen LogP contribution in [0.4, 0.5) is 10.1 Å². The minimum absolute atomic E-state index is 0.000845. The number of ether oxygens (including phenoxy) is 1. The van der Waals surface area contributed by atoms with Crippen molar-refractivity contribution in [2.75, 3.05) is 6.61 Å². The Kier molecular flexibility index (Phi) is 6.03. The molecule has 0 fully saturated rings. The number of aliphatic imine (C=N–C) groups is 1. The second-order valence-electron chi connectivity index (χ2n) is 7.28. The quantitative estimate of drug-likeness (QED) is 0.562. The van der Waals surface area contributed by atoms with Crippen LogP contribution in [0.25, 0.3) is 11.6 Å². The second-order valence-corrected chi connectivity index (χ2v) is 7.28. The van der Waals surface area contributed by atoms with Crippen molar-refractivity contribution < 1.29 is 19.0 Å². The Balaban J connectivity index is 1.76. The molecule has 0 unspecified atom stereocenters. The molecule has 4 rings (SSSR count). The van der Waals surface area contributed by atoms with E-state index in [4.69, 9.17) is 4.74 Å². The van der Waals surface area contributed by atoms with E-state index in [0.29, 0.717) is 23.2 Å². The summed E-state index contributed by atoms with van der Waals surface area (Å²) in [5.74, 6) is -1.60. The van der Waals surface area contributed by atoms with Gasteiger partial charge in [-0.1, -0.05) is 30.3 Å². The Bertz CT molecular complexity index is 1400. The van der Waals surface area contributed by atoms with Gasteiger partial charge in [-0.25, -0.2) is 19.0 Å². The molecule has 0 radical (unpaired) electrons. The van der Waals surface area contributed by atoms with E-state index in [1.165, 1.54) is 18.2 Å². The molecule has 0 bridgehead atoms. The van der Waals surface area contributed by atoms with Gasteiger partial charge in [0.1, 0.15) is 11.4 Å². The van der Waals surface area contributed by atoms with Gasteiger partial charge in [-0.05, 0) is 43.2 Å². The summed E-state index contributed by atoms with van der Waals surface area (Å²) in [4.78, 5) is 43.9. The molecule has 3 aromatic rings. The normalized spacial score (nSPS) is 13.6. The predicted octanol–water partition coefficient (Wildman–Crippen LogP) is 2.81. The number of para-hydroxylation sites is 1. The number of nitrogens with zero attached hydrogens (tertiary/aromatic N) is 2. The van der Waals surface area contributed by atoms with Gasteiger partial charge in [0, 0.05) is 17.7 Å². The van der Waals surface area contributed by atoms with Crippen molar-refractivity contribution in [3.05, 3.63) is 91.9 Å². The van der Waals surface area contributed by atoms with Crippen molar-refractivity contribution in [2.24, 2.45) is 4.99 Å². The van der Waals surface area contributed by atoms with Crippen LogP contribution in [-0.2, 0) is 22.5 Å². The first-order valence-corrected chi connectivity index (χ1v) is 10.3. The van der Waals surface area contributed by atoms with Gasteiger partial charge in [-0.3, -0.25) is 14.3 Å². The highest BCUT2D eigenvalue weighted by atomic mass is 19.1. The summed E-state index contributed by atoms with van der Waals surface area (Å²) >= 11 is 0. The number of hydrogen-bond acceptors (Lipinski definition) is 6. The molecule has 9 heteroatoms. The second kappa shape index (κ2) is 9.07. The first-order valence-electron chi connectivity index (χ1n) is 10.3. The van der Waals surface area contributed by atoms with Gasteiger partial charge in [0.2, 0.25) is 5.88 Å². The monoisotopic (exact) mass is 449 g/mol. The Morgan fingerprint density at radius 3 is 2.64 bits per heavy atom. The number of carbonyl (C=O) groups is 1. The van der Waals surface area contributed by atoms with Gasteiger partial charge >= 0.3 is 11.7 Å². The van der Waals surface area contributed by atoms with E-state index < -0.39 is 23.1 Å². The zero-order chi connectivity index (χ0) is 23.5. The van der Waals surface area contributed by atoms with Crippen molar-refractivity contribution in [3.8, 4) is 5.88 Å². The van der Waals surface area contributed by atoms with Crippen LogP contribution in [0, 0.1) is 5.82 Å². The van der Waals surface area contributed by atoms with E-state index >= 15 is 0 Å². The maximum absolute atomic E-state index is 13.1. The van der Waals surface area contributed by atoms with Crippen LogP contribution in [0.3, 0.4) is 0 Å². The lowest BCUT2D eigenvalue weighted by Gasteiger charge is -2.11. The molecule has 0 spiro atoms. The highest BCUT2D eigenvalue weighted by molar-refractivity contribution is 6.58. The van der Waals surface area contributed by atoms with Crippen molar-refractivity contribution in [2.45, 2.75) is 19.9 Å². The molecule has 0 saturated carbocycles. The standard InChI is InChI=1S/C24H20FN3O5/c1-2-33-23(31)20-17(16-5-3-4-6-19(16)26-20)13-18-21(29)27-24(32)28(22(18)30)12-11-14-7-9-15(25)10-8-14/h3-10,13,30H,2,11-12H2,1H3,(H,27,29,32)/b17-13+. The topological polar surface area (TPSA) is 114 Å². The van der Waals surface area contributed by atoms with E-state index in [-0.39, 0.29) is 30.2 Å². The van der Waals surface area contributed by atoms with Gasteiger partial charge in [0.05, 0.1) is 12.3 Å². The number of carbonyl (C=O) groups excluding carboxylic acids is 1. The summed E-state index contributed by atoms with van der Waals surface area (Å²) in [6.45, 7) is 1.84. The van der Waals surface area contributed by atoms with Gasteiger partial charge in [-0.15, -0.1) is 0 Å². The molecule has 168 valence electrons. The average Bonchev–Trinajstić information content (AvgIpc) is 3.16. The predicted molar refractivity (Wildman–Crippen MR) is 121 cm³/mol. The number of esters is 1. The van der Waals surface area contributed by atoms with E-state index in [0.717, 1.165) is 10.1 Å². The molecule has 2 heterocycles. The molecular weight excluding hydrogens is 429 g/mol. The lowest BCUT2D eigenvalue weighted by molar-refractivity contribution is -0.134. The van der Waals surface area contributed by atoms with Crippen molar-refractivity contribution >= 4 is 29.0 Å². The fraction of sp³-hybridized carbons (Fsp3) is 0.167. The largest absolute Gasteiger partial charge is 0.494 e. The number of aryl methyl sites for hydroxylation is 1. The highest BCUT2D eigenvalue weighted by Gasteiger charge is 2.28. The molecule has 0 atom stereocenters. The lowest BCUT2D eigenvalue weighted by atomic mass is 10.0. The number of nitrogens with one attached hydrogen (secondary N) is 1. The number of rotatable bonds is 6. The van der Waals surface area contributed by atoms with E-state index in [1.807, 2.05) is 0 Å². The summed E-state index contributed by atoms with van der Waals surface area (Å²) < 4.78 is 19.2. The van der Waals surface area contributed by atoms with E-state index in [2.05, 4.69) is 9.98 Å². The van der Waals surface area contributed by atoms with Crippen molar-refractivity contribution in [1.29, 1.82) is 0 Å². The van der Waals surface area contributed by atoms with Crippen LogP contribution in [-0.4, -0.2) is 32.9 Å². The van der Waals surface area contributed by atoms with Gasteiger partial charge in [-0.2, -0.15) is 0 Å². The third-order valence-corrected chi connectivity index (χ3v) is 5.18. The summed E-state index contributed by atoms with van der Waals surface area (Å²) in [7, 11) is 0. The maximum Gasteiger partial charge on any atom is 0.357 e. The molecule has 1 aliphatic heterocycles. The van der Waals surface area contributed by atoms with Crippen LogP contribution in [0.2, 0.25) is 0 Å². The Morgan fingerprint density at radius 1 is 1.18 bits per heavy atom. The average molecular weight is 449 g/mol. The summed E-state index contributed by atoms with van der Waals surface area (Å²) in [6.07, 6.45) is 1.64. The van der Waals surface area contributed by atoms with E-state index in [9.17, 15) is 23.9 Å². The van der Waals surface area contributed by atoms with Crippen LogP contribution in [0.15, 0.2) is 63.1 Å². The van der Waals surface area contributed by atoms with Crippen LogP contribution >= 0.6 is 0 Å². The highest BCUT2D eigenvalue weighted by Crippen LogP contribution is 2.36. The minimum Gasteiger partial charge on any atom is -0.494 e. The van der Waals surface area contributed by atoms with Crippen LogP contribution in [0.5, 0.6) is 5.88 Å². The third kappa shape index (κ3) is 4.38. The molecule has 33 heavy (non-hydrogen) atoms. The molecule has 8 nitrogen and oxygen atoms in total. The smallest absolute Gasteiger partial charge is 0.357 e. The molecule has 1 aromatic heterocycles. The van der Waals surface area contributed by atoms with Crippen molar-refractivity contribution in [1.82, 2.24) is 9.55 Å². The molecule has 2 N–H and O–H groups in total. The number of hydrogen-bond donors (Lipinski definition) is 2. The Morgan fingerprint density at radius 2 is 1.91 bits per heavy atom. The summed E-state index contributed by atoms with van der Waals surface area (Å²) in [5.41, 5.74) is 0.362. The third-order valence-electron chi connectivity index (χ3n) is 5.18. The number of halogens is 1. The van der Waals surface area contributed by atoms with Gasteiger partial charge < -0.3 is 9.84 Å². The first-order chi connectivity index (χ1) is 15.9. The Hall–Kier alpha value is -4.27. The lowest BCUT2D eigenvalue weighted by Crippen LogP contribution is -2.32. The molecule has 2 aromatic carbocycles. The number of benzene rings is 2. The fourth-order valence-electron chi connectivity index (χ4n) is 3.56. The van der Waals surface area contributed by atoms with E-state index in [1.54, 1.807) is 43.3 Å². The number of aromatic amines is 1. The van der Waals surface area contributed by atoms with Gasteiger partial charge in [0.15, 0.2) is 5.71 Å². The molecule has 0 amide bonds. The molecule has 1 aliphatic rings. The number of aromatic nitrogens is 2. The maximum atomic E-state index is 13.1. The van der Waals surface area contributed by atoms with Crippen molar-refractivity contribution in [3.63, 3.8) is 0 Å². The van der Waals surface area contributed by atoms with Crippen LogP contribution in [0.1, 0.15) is 23.6 Å².